The van der Waals surface area contributed by atoms with E-state index in [1.165, 1.54) is 112 Å². The summed E-state index contributed by atoms with van der Waals surface area (Å²) in [5, 5.41) is 7.20. The number of para-hydroxylation sites is 1. The van der Waals surface area contributed by atoms with Crippen LogP contribution in [0.4, 0.5) is 11.4 Å². The number of fused-ring (bicyclic) bond motifs is 15. The first-order valence-corrected chi connectivity index (χ1v) is 23.4. The van der Waals surface area contributed by atoms with Crippen molar-refractivity contribution < 1.29 is 8.83 Å². The van der Waals surface area contributed by atoms with Crippen LogP contribution in [-0.4, -0.2) is 11.4 Å². The van der Waals surface area contributed by atoms with E-state index < -0.39 is 0 Å². The van der Waals surface area contributed by atoms with Gasteiger partial charge in [-0.2, -0.15) is 0 Å². The number of hydrogen-bond acceptors (Lipinski definition) is 3. The van der Waals surface area contributed by atoms with Gasteiger partial charge in [0.05, 0.1) is 11.0 Å². The van der Waals surface area contributed by atoms with Crippen LogP contribution < -0.4 is 15.7 Å². The van der Waals surface area contributed by atoms with Crippen molar-refractivity contribution in [3.63, 3.8) is 0 Å². The summed E-state index contributed by atoms with van der Waals surface area (Å²) >= 11 is 0. The molecule has 4 nitrogen and oxygen atoms in total. The van der Waals surface area contributed by atoms with Gasteiger partial charge in [-0.3, -0.25) is 0 Å². The first-order chi connectivity index (χ1) is 30.4. The molecule has 0 spiro atoms. The third kappa shape index (κ3) is 5.02. The summed E-state index contributed by atoms with van der Waals surface area (Å²) in [6.45, 7) is 25.8. The Hall–Kier alpha value is -6.20. The molecule has 0 unspecified atom stereocenters. The third-order valence-electron chi connectivity index (χ3n) is 15.8. The van der Waals surface area contributed by atoms with E-state index in [1.54, 1.807) is 0 Å². The predicted molar refractivity (Wildman–Crippen MR) is 272 cm³/mol. The molecular weight excluding hydrogens is 779 g/mol. The van der Waals surface area contributed by atoms with Crippen LogP contribution in [0.3, 0.4) is 0 Å². The van der Waals surface area contributed by atoms with Gasteiger partial charge in [-0.1, -0.05) is 118 Å². The second-order valence-electron chi connectivity index (χ2n) is 22.9. The molecule has 0 radical (unpaired) electrons. The van der Waals surface area contributed by atoms with Crippen LogP contribution in [0.2, 0.25) is 0 Å². The van der Waals surface area contributed by atoms with Gasteiger partial charge in [-0.25, -0.2) is 0 Å². The quantitative estimate of drug-likeness (QED) is 0.155. The van der Waals surface area contributed by atoms with Crippen LogP contribution in [0.5, 0.6) is 0 Å². The zero-order chi connectivity index (χ0) is 44.1. The van der Waals surface area contributed by atoms with Crippen LogP contribution in [0.15, 0.2) is 118 Å². The second-order valence-corrected chi connectivity index (χ2v) is 22.9. The number of furan rings is 2. The number of anilines is 2. The molecule has 1 aliphatic carbocycles. The largest absolute Gasteiger partial charge is 0.456 e. The number of nitrogens with zero attached hydrogens (tertiary/aromatic N) is 2. The molecule has 2 aliphatic heterocycles. The molecule has 10 aromatic rings. The zero-order valence-electron chi connectivity index (χ0n) is 39.1. The smallest absolute Gasteiger partial charge is 0.333 e. The van der Waals surface area contributed by atoms with Gasteiger partial charge in [-0.05, 0) is 146 Å². The van der Waals surface area contributed by atoms with Crippen molar-refractivity contribution in [1.82, 2.24) is 4.57 Å². The number of aryl methyl sites for hydroxylation is 1. The molecule has 7 aromatic carbocycles. The summed E-state index contributed by atoms with van der Waals surface area (Å²) < 4.78 is 16.2. The lowest BCUT2D eigenvalue weighted by molar-refractivity contribution is 0.332. The monoisotopic (exact) mass is 834 g/mol. The van der Waals surface area contributed by atoms with E-state index in [2.05, 4.69) is 195 Å². The highest BCUT2D eigenvalue weighted by molar-refractivity contribution is 6.93. The van der Waals surface area contributed by atoms with Crippen molar-refractivity contribution in [1.29, 1.82) is 0 Å². The van der Waals surface area contributed by atoms with E-state index in [1.807, 2.05) is 0 Å². The maximum Gasteiger partial charge on any atom is 0.333 e. The molecule has 64 heavy (non-hydrogen) atoms. The summed E-state index contributed by atoms with van der Waals surface area (Å²) in [5.41, 5.74) is 22.0. The Morgan fingerprint density at radius 2 is 1.17 bits per heavy atom. The van der Waals surface area contributed by atoms with E-state index >= 15 is 0 Å². The zero-order valence-corrected chi connectivity index (χ0v) is 39.1. The molecule has 0 fully saturated rings. The Bertz CT molecular complexity index is 3710. The van der Waals surface area contributed by atoms with Crippen molar-refractivity contribution in [2.24, 2.45) is 0 Å². The second kappa shape index (κ2) is 12.1. The molecule has 3 aromatic heterocycles. The van der Waals surface area contributed by atoms with Gasteiger partial charge >= 0.3 is 6.85 Å². The first kappa shape index (κ1) is 38.3. The Morgan fingerprint density at radius 1 is 0.547 bits per heavy atom. The summed E-state index contributed by atoms with van der Waals surface area (Å²) in [7, 11) is 0. The normalized spacial score (nSPS) is 16.4. The molecule has 13 rings (SSSR count). The minimum Gasteiger partial charge on any atom is -0.456 e. The molecule has 0 bridgehead atoms. The maximum atomic E-state index is 7.03. The number of aromatic nitrogens is 1. The van der Waals surface area contributed by atoms with Gasteiger partial charge in [0.2, 0.25) is 0 Å². The van der Waals surface area contributed by atoms with Gasteiger partial charge in [0, 0.05) is 54.9 Å². The van der Waals surface area contributed by atoms with Gasteiger partial charge in [-0.15, -0.1) is 0 Å². The Morgan fingerprint density at radius 3 is 1.91 bits per heavy atom. The lowest BCUT2D eigenvalue weighted by atomic mass is 9.43. The molecule has 0 amide bonds. The van der Waals surface area contributed by atoms with Crippen LogP contribution in [0.1, 0.15) is 110 Å². The average Bonchev–Trinajstić information content (AvgIpc) is 3.91. The number of rotatable bonds is 1. The Labute approximate surface area is 375 Å². The van der Waals surface area contributed by atoms with Crippen molar-refractivity contribution in [3.8, 4) is 16.8 Å². The van der Waals surface area contributed by atoms with Crippen LogP contribution in [-0.2, 0) is 21.7 Å². The van der Waals surface area contributed by atoms with Crippen molar-refractivity contribution in [2.45, 2.75) is 111 Å². The summed E-state index contributed by atoms with van der Waals surface area (Å²) in [4.78, 5) is 2.67. The first-order valence-electron chi connectivity index (χ1n) is 23.4. The minimum absolute atomic E-state index is 0.0302. The van der Waals surface area contributed by atoms with Crippen LogP contribution in [0, 0.1) is 6.92 Å². The molecule has 5 heteroatoms. The molecule has 0 N–H and O–H groups in total. The standard InChI is InChI=1S/C59H55BN2O2/c1-32-24-41-37-29-50-40(38-26-43-44(31-52(38)64-50)59(10,11)23-22-58(43,8)9)28-48(37)62(35-19-16-33(17-20-35)56(2,3)4)60-45-25-34(57(5,6)7)18-21-46(45)61-47-27-39-36-14-12-13-15-49(36)63-51(39)30-42(47)53(32)55(61)54(41)60/h12-21,24-31H,22-23H2,1-11H3. The fourth-order valence-corrected chi connectivity index (χ4v) is 12.1. The topological polar surface area (TPSA) is 34.5 Å². The third-order valence-corrected chi connectivity index (χ3v) is 15.8. The van der Waals surface area contributed by atoms with Crippen LogP contribution in [0.25, 0.3) is 82.5 Å². The van der Waals surface area contributed by atoms with Gasteiger partial charge < -0.3 is 18.2 Å². The fraction of sp³-hybridized carbons (Fsp3) is 0.288. The Kier molecular flexibility index (Phi) is 7.25. The maximum absolute atomic E-state index is 7.03. The molecule has 316 valence electrons. The highest BCUT2D eigenvalue weighted by Gasteiger charge is 2.45. The molecule has 0 saturated heterocycles. The van der Waals surface area contributed by atoms with Crippen molar-refractivity contribution >= 4 is 94.8 Å². The molecule has 0 atom stereocenters. The molecule has 3 aliphatic rings. The average molecular weight is 835 g/mol. The van der Waals surface area contributed by atoms with E-state index in [9.17, 15) is 0 Å². The van der Waals surface area contributed by atoms with Gasteiger partial charge in [0.1, 0.15) is 22.3 Å². The van der Waals surface area contributed by atoms with Crippen molar-refractivity contribution in [2.75, 3.05) is 4.81 Å². The minimum atomic E-state index is -0.0906. The number of hydrogen-bond donors (Lipinski definition) is 0. The lowest BCUT2D eigenvalue weighted by Gasteiger charge is -2.42. The highest BCUT2D eigenvalue weighted by atomic mass is 16.3. The van der Waals surface area contributed by atoms with Gasteiger partial charge in [0.25, 0.3) is 0 Å². The van der Waals surface area contributed by atoms with E-state index in [0.717, 1.165) is 33.1 Å². The summed E-state index contributed by atoms with van der Waals surface area (Å²) in [6.07, 6.45) is 2.34. The van der Waals surface area contributed by atoms with E-state index in [0.29, 0.717) is 0 Å². The number of benzene rings is 7. The van der Waals surface area contributed by atoms with Crippen molar-refractivity contribution in [3.05, 3.63) is 137 Å². The summed E-state index contributed by atoms with van der Waals surface area (Å²) in [5.74, 6) is 0. The molecular formula is C59H55BN2O2. The van der Waals surface area contributed by atoms with E-state index in [-0.39, 0.29) is 28.5 Å². The van der Waals surface area contributed by atoms with Crippen LogP contribution >= 0.6 is 0 Å². The lowest BCUT2D eigenvalue weighted by Crippen LogP contribution is -2.60. The highest BCUT2D eigenvalue weighted by Crippen LogP contribution is 2.52. The molecule has 0 saturated carbocycles. The fourth-order valence-electron chi connectivity index (χ4n) is 12.1. The predicted octanol–water partition coefficient (Wildman–Crippen LogP) is 15.1. The SMILES string of the molecule is Cc1cc2c3c4c1c1cc5oc6ccccc6c5cc1n4-c1ccc(C(C)(C)C)cc1B3N(c1ccc(C(C)(C)C)cc1)c1cc3c(cc1-2)oc1cc2c(cc13)C(C)(C)CCC2(C)C. The van der Waals surface area contributed by atoms with E-state index in [4.69, 9.17) is 8.83 Å². The summed E-state index contributed by atoms with van der Waals surface area (Å²) in [6, 6.07) is 42.1. The Balaban J connectivity index is 1.18. The molecule has 5 heterocycles. The van der Waals surface area contributed by atoms with Gasteiger partial charge in [0.15, 0.2) is 0 Å².